The molecule has 0 N–H and O–H groups in total. The summed E-state index contributed by atoms with van der Waals surface area (Å²) in [6.45, 7) is 3.66. The van der Waals surface area contributed by atoms with Crippen LogP contribution >= 0.6 is 0 Å². The van der Waals surface area contributed by atoms with Crippen LogP contribution in [0.2, 0.25) is 0 Å². The Kier molecular flexibility index (Phi) is 2.77. The first-order valence-electron chi connectivity index (χ1n) is 5.53. The highest BCUT2D eigenvalue weighted by atomic mass is 16.6. The number of esters is 1. The maximum absolute atomic E-state index is 10.9. The van der Waals surface area contributed by atoms with Crippen LogP contribution in [0.5, 0.6) is 0 Å². The van der Waals surface area contributed by atoms with Gasteiger partial charge in [-0.15, -0.1) is 0 Å². The number of hydrogen-bond acceptors (Lipinski definition) is 3. The fourth-order valence-corrected chi connectivity index (χ4v) is 2.50. The minimum atomic E-state index is -0.157. The van der Waals surface area contributed by atoms with Crippen molar-refractivity contribution in [1.29, 1.82) is 0 Å². The molecule has 80 valence electrons. The highest BCUT2D eigenvalue weighted by Gasteiger charge is 2.49. The zero-order valence-corrected chi connectivity index (χ0v) is 8.86. The Morgan fingerprint density at radius 3 is 2.79 bits per heavy atom. The number of carbonyl (C=O) groups is 1. The lowest BCUT2D eigenvalue weighted by atomic mass is 9.83. The predicted molar refractivity (Wildman–Crippen MR) is 51.8 cm³/mol. The number of carbonyl (C=O) groups excluding carboxylic acids is 1. The van der Waals surface area contributed by atoms with Gasteiger partial charge < -0.3 is 9.47 Å². The highest BCUT2D eigenvalue weighted by molar-refractivity contribution is 5.66. The SMILES string of the molecule is CCCC1CC2OC2CC1OC(C)=O. The van der Waals surface area contributed by atoms with E-state index in [2.05, 4.69) is 6.92 Å². The van der Waals surface area contributed by atoms with E-state index in [1.165, 1.54) is 6.92 Å². The van der Waals surface area contributed by atoms with E-state index in [4.69, 9.17) is 9.47 Å². The molecule has 2 rings (SSSR count). The van der Waals surface area contributed by atoms with Gasteiger partial charge >= 0.3 is 5.97 Å². The van der Waals surface area contributed by atoms with Crippen LogP contribution in [0.1, 0.15) is 39.5 Å². The Balaban J connectivity index is 1.92. The molecule has 4 atom stereocenters. The lowest BCUT2D eigenvalue weighted by molar-refractivity contribution is -0.150. The van der Waals surface area contributed by atoms with E-state index in [0.29, 0.717) is 18.1 Å². The van der Waals surface area contributed by atoms with E-state index in [-0.39, 0.29) is 12.1 Å². The maximum Gasteiger partial charge on any atom is 0.302 e. The summed E-state index contributed by atoms with van der Waals surface area (Å²) < 4.78 is 10.8. The summed E-state index contributed by atoms with van der Waals surface area (Å²) in [7, 11) is 0. The number of rotatable bonds is 3. The van der Waals surface area contributed by atoms with Crippen molar-refractivity contribution in [2.45, 2.75) is 57.8 Å². The molecule has 2 fully saturated rings. The Morgan fingerprint density at radius 1 is 1.43 bits per heavy atom. The summed E-state index contributed by atoms with van der Waals surface area (Å²) in [5, 5.41) is 0. The molecule has 1 aliphatic heterocycles. The molecule has 1 saturated carbocycles. The first-order chi connectivity index (χ1) is 6.70. The van der Waals surface area contributed by atoms with E-state index >= 15 is 0 Å². The Bertz CT molecular complexity index is 227. The van der Waals surface area contributed by atoms with E-state index in [9.17, 15) is 4.79 Å². The number of fused-ring (bicyclic) bond motifs is 1. The molecule has 0 aromatic carbocycles. The minimum Gasteiger partial charge on any atom is -0.462 e. The average molecular weight is 198 g/mol. The summed E-state index contributed by atoms with van der Waals surface area (Å²) in [5.74, 6) is 0.364. The molecule has 2 aliphatic rings. The molecular weight excluding hydrogens is 180 g/mol. The monoisotopic (exact) mass is 198 g/mol. The van der Waals surface area contributed by atoms with Crippen molar-refractivity contribution in [2.24, 2.45) is 5.92 Å². The third-order valence-corrected chi connectivity index (χ3v) is 3.19. The summed E-state index contributed by atoms with van der Waals surface area (Å²) in [6.07, 6.45) is 5.25. The van der Waals surface area contributed by atoms with Gasteiger partial charge in [0.1, 0.15) is 6.10 Å². The number of hydrogen-bond donors (Lipinski definition) is 0. The van der Waals surface area contributed by atoms with Crippen molar-refractivity contribution in [3.05, 3.63) is 0 Å². The predicted octanol–water partition coefficient (Wildman–Crippen LogP) is 1.90. The number of epoxide rings is 1. The van der Waals surface area contributed by atoms with Crippen molar-refractivity contribution in [3.63, 3.8) is 0 Å². The van der Waals surface area contributed by atoms with Gasteiger partial charge in [-0.3, -0.25) is 4.79 Å². The third kappa shape index (κ3) is 2.08. The van der Waals surface area contributed by atoms with Crippen LogP contribution in [0.15, 0.2) is 0 Å². The van der Waals surface area contributed by atoms with Crippen LogP contribution in [0.3, 0.4) is 0 Å². The molecule has 1 saturated heterocycles. The van der Waals surface area contributed by atoms with Gasteiger partial charge in [0.05, 0.1) is 12.2 Å². The van der Waals surface area contributed by atoms with E-state index in [0.717, 1.165) is 25.7 Å². The Labute approximate surface area is 84.8 Å². The molecule has 3 heteroatoms. The molecule has 4 unspecified atom stereocenters. The maximum atomic E-state index is 10.9. The Hall–Kier alpha value is -0.570. The average Bonchev–Trinajstić information content (AvgIpc) is 2.82. The topological polar surface area (TPSA) is 38.8 Å². The standard InChI is InChI=1S/C11H18O3/c1-3-4-8-5-10-11(14-10)6-9(8)13-7(2)12/h8-11H,3-6H2,1-2H3. The van der Waals surface area contributed by atoms with Crippen LogP contribution < -0.4 is 0 Å². The largest absolute Gasteiger partial charge is 0.462 e. The molecule has 1 heterocycles. The molecule has 0 amide bonds. The quantitative estimate of drug-likeness (QED) is 0.513. The van der Waals surface area contributed by atoms with Gasteiger partial charge in [-0.2, -0.15) is 0 Å². The van der Waals surface area contributed by atoms with Crippen LogP contribution in [0.25, 0.3) is 0 Å². The molecule has 0 bridgehead atoms. The smallest absolute Gasteiger partial charge is 0.302 e. The molecule has 1 aliphatic carbocycles. The fourth-order valence-electron chi connectivity index (χ4n) is 2.50. The van der Waals surface area contributed by atoms with Gasteiger partial charge in [-0.05, 0) is 18.8 Å². The molecule has 0 radical (unpaired) electrons. The van der Waals surface area contributed by atoms with Crippen LogP contribution in [0, 0.1) is 5.92 Å². The van der Waals surface area contributed by atoms with Gasteiger partial charge in [0.15, 0.2) is 0 Å². The lowest BCUT2D eigenvalue weighted by Crippen LogP contribution is -2.32. The van der Waals surface area contributed by atoms with Gasteiger partial charge in [0.2, 0.25) is 0 Å². The first kappa shape index (κ1) is 9.97. The number of ether oxygens (including phenoxy) is 2. The second-order valence-corrected chi connectivity index (χ2v) is 4.38. The van der Waals surface area contributed by atoms with Gasteiger partial charge in [0.25, 0.3) is 0 Å². The summed E-state index contributed by atoms with van der Waals surface area (Å²) >= 11 is 0. The Morgan fingerprint density at radius 2 is 2.14 bits per heavy atom. The molecule has 0 spiro atoms. The third-order valence-electron chi connectivity index (χ3n) is 3.19. The minimum absolute atomic E-state index is 0.108. The van der Waals surface area contributed by atoms with Gasteiger partial charge in [0, 0.05) is 13.3 Å². The van der Waals surface area contributed by atoms with E-state index in [1.54, 1.807) is 0 Å². The highest BCUT2D eigenvalue weighted by Crippen LogP contribution is 2.42. The van der Waals surface area contributed by atoms with Crippen molar-refractivity contribution in [3.8, 4) is 0 Å². The molecule has 0 aromatic heterocycles. The van der Waals surface area contributed by atoms with Crippen molar-refractivity contribution < 1.29 is 14.3 Å². The normalized spacial score (nSPS) is 40.1. The van der Waals surface area contributed by atoms with Gasteiger partial charge in [-0.25, -0.2) is 0 Å². The lowest BCUT2D eigenvalue weighted by Gasteiger charge is -2.28. The van der Waals surface area contributed by atoms with Crippen LogP contribution in [-0.4, -0.2) is 24.3 Å². The molecule has 14 heavy (non-hydrogen) atoms. The second-order valence-electron chi connectivity index (χ2n) is 4.38. The molecule has 0 aromatic rings. The summed E-state index contributed by atoms with van der Waals surface area (Å²) in [4.78, 5) is 10.9. The fraction of sp³-hybridized carbons (Fsp3) is 0.909. The zero-order valence-electron chi connectivity index (χ0n) is 8.86. The van der Waals surface area contributed by atoms with E-state index < -0.39 is 0 Å². The van der Waals surface area contributed by atoms with Gasteiger partial charge in [-0.1, -0.05) is 13.3 Å². The van der Waals surface area contributed by atoms with Crippen LogP contribution in [-0.2, 0) is 14.3 Å². The van der Waals surface area contributed by atoms with Crippen molar-refractivity contribution >= 4 is 5.97 Å². The molecular formula is C11H18O3. The molecule has 3 nitrogen and oxygen atoms in total. The second kappa shape index (κ2) is 3.89. The van der Waals surface area contributed by atoms with E-state index in [1.807, 2.05) is 0 Å². The van der Waals surface area contributed by atoms with Crippen LogP contribution in [0.4, 0.5) is 0 Å². The summed E-state index contributed by atoms with van der Waals surface area (Å²) in [6, 6.07) is 0. The zero-order chi connectivity index (χ0) is 10.1. The van der Waals surface area contributed by atoms with Crippen molar-refractivity contribution in [2.75, 3.05) is 0 Å². The summed E-state index contributed by atoms with van der Waals surface area (Å²) in [5.41, 5.74) is 0. The van der Waals surface area contributed by atoms with Crippen molar-refractivity contribution in [1.82, 2.24) is 0 Å². The first-order valence-corrected chi connectivity index (χ1v) is 5.53.